The molecule has 19 heavy (non-hydrogen) atoms. The number of carboxylic acid groups (broad SMARTS) is 1. The molecular formula is C14H24N2O3. The van der Waals surface area contributed by atoms with Gasteiger partial charge in [-0.05, 0) is 44.4 Å². The molecule has 0 radical (unpaired) electrons. The maximum absolute atomic E-state index is 12.0. The molecule has 108 valence electrons. The molecule has 0 aliphatic heterocycles. The SMILES string of the molecule is CCN(CC1CC1)C(=O)NCC1CCCC1C(=O)O. The van der Waals surface area contributed by atoms with E-state index in [0.29, 0.717) is 12.5 Å². The first-order valence-corrected chi connectivity index (χ1v) is 7.37. The van der Waals surface area contributed by atoms with Gasteiger partial charge in [-0.15, -0.1) is 0 Å². The fraction of sp³-hybridized carbons (Fsp3) is 0.857. The predicted octanol–water partition coefficient (Wildman–Crippen LogP) is 1.93. The fourth-order valence-electron chi connectivity index (χ4n) is 2.90. The Kier molecular flexibility index (Phi) is 4.66. The molecule has 2 atom stereocenters. The van der Waals surface area contributed by atoms with Gasteiger partial charge in [-0.3, -0.25) is 4.79 Å². The van der Waals surface area contributed by atoms with Crippen LogP contribution < -0.4 is 5.32 Å². The average Bonchev–Trinajstić information content (AvgIpc) is 3.07. The highest BCUT2D eigenvalue weighted by atomic mass is 16.4. The number of carbonyl (C=O) groups excluding carboxylic acids is 1. The third kappa shape index (κ3) is 3.85. The highest BCUT2D eigenvalue weighted by molar-refractivity contribution is 5.74. The summed E-state index contributed by atoms with van der Waals surface area (Å²) in [5, 5.41) is 12.0. The van der Waals surface area contributed by atoms with E-state index in [2.05, 4.69) is 5.32 Å². The van der Waals surface area contributed by atoms with E-state index in [4.69, 9.17) is 5.11 Å². The Balaban J connectivity index is 1.76. The molecule has 0 spiro atoms. The van der Waals surface area contributed by atoms with Gasteiger partial charge < -0.3 is 15.3 Å². The van der Waals surface area contributed by atoms with E-state index in [0.717, 1.165) is 32.4 Å². The normalized spacial score (nSPS) is 26.2. The van der Waals surface area contributed by atoms with Crippen LogP contribution in [-0.2, 0) is 4.79 Å². The van der Waals surface area contributed by atoms with E-state index in [-0.39, 0.29) is 17.9 Å². The summed E-state index contributed by atoms with van der Waals surface area (Å²) in [6, 6.07) is -0.0366. The maximum atomic E-state index is 12.0. The van der Waals surface area contributed by atoms with Crippen LogP contribution in [-0.4, -0.2) is 41.6 Å². The predicted molar refractivity (Wildman–Crippen MR) is 71.8 cm³/mol. The van der Waals surface area contributed by atoms with Gasteiger partial charge in [-0.25, -0.2) is 4.79 Å². The number of urea groups is 1. The summed E-state index contributed by atoms with van der Waals surface area (Å²) in [7, 11) is 0. The van der Waals surface area contributed by atoms with Crippen molar-refractivity contribution in [2.75, 3.05) is 19.6 Å². The van der Waals surface area contributed by atoms with Crippen LogP contribution in [0, 0.1) is 17.8 Å². The lowest BCUT2D eigenvalue weighted by Crippen LogP contribution is -2.43. The van der Waals surface area contributed by atoms with E-state index in [9.17, 15) is 9.59 Å². The average molecular weight is 268 g/mol. The van der Waals surface area contributed by atoms with Crippen molar-refractivity contribution in [2.24, 2.45) is 17.8 Å². The van der Waals surface area contributed by atoms with Crippen molar-refractivity contribution in [3.8, 4) is 0 Å². The van der Waals surface area contributed by atoms with Crippen molar-refractivity contribution < 1.29 is 14.7 Å². The topological polar surface area (TPSA) is 69.6 Å². The number of nitrogens with zero attached hydrogens (tertiary/aromatic N) is 1. The van der Waals surface area contributed by atoms with Crippen LogP contribution in [0.3, 0.4) is 0 Å². The minimum atomic E-state index is -0.720. The quantitative estimate of drug-likeness (QED) is 0.773. The summed E-state index contributed by atoms with van der Waals surface area (Å²) in [6.07, 6.45) is 5.07. The van der Waals surface area contributed by atoms with E-state index in [1.807, 2.05) is 11.8 Å². The molecule has 5 heteroatoms. The summed E-state index contributed by atoms with van der Waals surface area (Å²) in [4.78, 5) is 25.0. The summed E-state index contributed by atoms with van der Waals surface area (Å²) in [5.74, 6) is -0.217. The third-order valence-electron chi connectivity index (χ3n) is 4.34. The van der Waals surface area contributed by atoms with Gasteiger partial charge in [0.15, 0.2) is 0 Å². The number of hydrogen-bond donors (Lipinski definition) is 2. The second kappa shape index (κ2) is 6.26. The van der Waals surface area contributed by atoms with Gasteiger partial charge in [-0.1, -0.05) is 6.42 Å². The summed E-state index contributed by atoms with van der Waals surface area (Å²) < 4.78 is 0. The molecule has 0 bridgehead atoms. The second-order valence-electron chi connectivity index (χ2n) is 5.80. The first-order valence-electron chi connectivity index (χ1n) is 7.37. The van der Waals surface area contributed by atoms with Crippen LogP contribution in [0.15, 0.2) is 0 Å². The van der Waals surface area contributed by atoms with Gasteiger partial charge in [0.1, 0.15) is 0 Å². The molecule has 0 aromatic carbocycles. The Bertz CT molecular complexity index is 342. The third-order valence-corrected chi connectivity index (χ3v) is 4.34. The van der Waals surface area contributed by atoms with Crippen LogP contribution in [0.25, 0.3) is 0 Å². The van der Waals surface area contributed by atoms with Gasteiger partial charge >= 0.3 is 12.0 Å². The van der Waals surface area contributed by atoms with Crippen LogP contribution in [0.2, 0.25) is 0 Å². The number of aliphatic carboxylic acids is 1. The number of rotatable bonds is 6. The number of carboxylic acids is 1. The van der Waals surface area contributed by atoms with Gasteiger partial charge in [0.25, 0.3) is 0 Å². The van der Waals surface area contributed by atoms with Crippen molar-refractivity contribution in [2.45, 2.75) is 39.0 Å². The largest absolute Gasteiger partial charge is 0.481 e. The molecule has 2 rings (SSSR count). The Morgan fingerprint density at radius 1 is 1.26 bits per heavy atom. The van der Waals surface area contributed by atoms with Crippen molar-refractivity contribution in [3.63, 3.8) is 0 Å². The number of carbonyl (C=O) groups is 2. The lowest BCUT2D eigenvalue weighted by Gasteiger charge is -2.23. The molecule has 5 nitrogen and oxygen atoms in total. The van der Waals surface area contributed by atoms with E-state index < -0.39 is 5.97 Å². The van der Waals surface area contributed by atoms with Crippen molar-refractivity contribution in [3.05, 3.63) is 0 Å². The molecule has 2 unspecified atom stereocenters. The minimum Gasteiger partial charge on any atom is -0.481 e. The molecule has 0 saturated heterocycles. The Morgan fingerprint density at radius 3 is 2.58 bits per heavy atom. The zero-order chi connectivity index (χ0) is 13.8. The van der Waals surface area contributed by atoms with Crippen molar-refractivity contribution in [1.29, 1.82) is 0 Å². The Morgan fingerprint density at radius 2 is 2.00 bits per heavy atom. The highest BCUT2D eigenvalue weighted by Crippen LogP contribution is 2.31. The molecular weight excluding hydrogens is 244 g/mol. The molecule has 2 aliphatic carbocycles. The molecule has 2 amide bonds. The summed E-state index contributed by atoms with van der Waals surface area (Å²) >= 11 is 0. The van der Waals surface area contributed by atoms with E-state index in [1.54, 1.807) is 0 Å². The zero-order valence-corrected chi connectivity index (χ0v) is 11.6. The Labute approximate surface area is 114 Å². The number of amides is 2. The lowest BCUT2D eigenvalue weighted by atomic mass is 9.96. The fourth-order valence-corrected chi connectivity index (χ4v) is 2.90. The monoisotopic (exact) mass is 268 g/mol. The molecule has 2 saturated carbocycles. The number of nitrogens with one attached hydrogen (secondary N) is 1. The first-order chi connectivity index (χ1) is 9.11. The van der Waals surface area contributed by atoms with Gasteiger partial charge in [0.2, 0.25) is 0 Å². The van der Waals surface area contributed by atoms with Crippen LogP contribution in [0.5, 0.6) is 0 Å². The van der Waals surface area contributed by atoms with Crippen molar-refractivity contribution in [1.82, 2.24) is 10.2 Å². The molecule has 2 fully saturated rings. The lowest BCUT2D eigenvalue weighted by molar-refractivity contribution is -0.142. The minimum absolute atomic E-state index is 0.0366. The Hall–Kier alpha value is -1.26. The van der Waals surface area contributed by atoms with Crippen molar-refractivity contribution >= 4 is 12.0 Å². The molecule has 2 aliphatic rings. The molecule has 0 heterocycles. The smallest absolute Gasteiger partial charge is 0.317 e. The van der Waals surface area contributed by atoms with Gasteiger partial charge in [0, 0.05) is 19.6 Å². The van der Waals surface area contributed by atoms with Crippen LogP contribution in [0.4, 0.5) is 4.79 Å². The molecule has 0 aromatic rings. The van der Waals surface area contributed by atoms with E-state index >= 15 is 0 Å². The van der Waals surface area contributed by atoms with Gasteiger partial charge in [-0.2, -0.15) is 0 Å². The van der Waals surface area contributed by atoms with Gasteiger partial charge in [0.05, 0.1) is 5.92 Å². The summed E-state index contributed by atoms with van der Waals surface area (Å²) in [5.41, 5.74) is 0. The maximum Gasteiger partial charge on any atom is 0.317 e. The molecule has 2 N–H and O–H groups in total. The first kappa shape index (κ1) is 14.2. The van der Waals surface area contributed by atoms with Crippen LogP contribution >= 0.6 is 0 Å². The highest BCUT2D eigenvalue weighted by Gasteiger charge is 2.33. The van der Waals surface area contributed by atoms with E-state index in [1.165, 1.54) is 12.8 Å². The molecule has 0 aromatic heterocycles. The summed E-state index contributed by atoms with van der Waals surface area (Å²) in [6.45, 7) is 4.04. The van der Waals surface area contributed by atoms with Crippen LogP contribution in [0.1, 0.15) is 39.0 Å². The zero-order valence-electron chi connectivity index (χ0n) is 11.6. The second-order valence-corrected chi connectivity index (χ2v) is 5.80. The number of hydrogen-bond acceptors (Lipinski definition) is 2. The standard InChI is InChI=1S/C14H24N2O3/c1-2-16(9-10-6-7-10)14(19)15-8-11-4-3-5-12(11)13(17)18/h10-12H,2-9H2,1H3,(H,15,19)(H,17,18).